The number of nitrogens with zero attached hydrogens (tertiary/aromatic N) is 2. The van der Waals surface area contributed by atoms with Crippen molar-refractivity contribution in [1.29, 1.82) is 0 Å². The normalized spacial score (nSPS) is 11.6. The van der Waals surface area contributed by atoms with Crippen molar-refractivity contribution in [2.24, 2.45) is 4.99 Å². The van der Waals surface area contributed by atoms with Crippen molar-refractivity contribution in [1.82, 2.24) is 4.57 Å². The van der Waals surface area contributed by atoms with Gasteiger partial charge in [0.05, 0.1) is 30.9 Å². The summed E-state index contributed by atoms with van der Waals surface area (Å²) in [6, 6.07) is 13.5. The van der Waals surface area contributed by atoms with Gasteiger partial charge in [-0.3, -0.25) is 9.59 Å². The fraction of sp³-hybridized carbons (Fsp3) is 0.286. The van der Waals surface area contributed by atoms with Crippen molar-refractivity contribution >= 4 is 33.4 Å². The molecule has 0 atom stereocenters. The summed E-state index contributed by atoms with van der Waals surface area (Å²) in [5.74, 6) is 0.0359. The molecule has 0 saturated heterocycles. The number of esters is 1. The van der Waals surface area contributed by atoms with Gasteiger partial charge in [-0.05, 0) is 35.7 Å². The van der Waals surface area contributed by atoms with Crippen LogP contribution in [-0.2, 0) is 33.7 Å². The van der Waals surface area contributed by atoms with Crippen molar-refractivity contribution in [2.75, 3.05) is 14.2 Å². The number of hydrogen-bond acceptors (Lipinski definition) is 5. The molecule has 1 aromatic heterocycles. The highest BCUT2D eigenvalue weighted by molar-refractivity contribution is 7.16. The number of amides is 1. The first-order valence-corrected chi connectivity index (χ1v) is 9.75. The number of aromatic nitrogens is 1. The molecule has 3 rings (SSSR count). The average Bonchev–Trinajstić information content (AvgIpc) is 3.04. The Kier molecular flexibility index (Phi) is 6.26. The molecule has 7 heteroatoms. The Bertz CT molecular complexity index is 1060. The molecule has 0 aliphatic carbocycles. The lowest BCUT2D eigenvalue weighted by molar-refractivity contribution is -0.141. The second-order valence-electron chi connectivity index (χ2n) is 6.23. The van der Waals surface area contributed by atoms with Crippen molar-refractivity contribution in [2.45, 2.75) is 26.3 Å². The highest BCUT2D eigenvalue weighted by Crippen LogP contribution is 2.23. The predicted molar refractivity (Wildman–Crippen MR) is 108 cm³/mol. The predicted octanol–water partition coefficient (Wildman–Crippen LogP) is 3.12. The Labute approximate surface area is 167 Å². The average molecular weight is 398 g/mol. The molecular weight excluding hydrogens is 376 g/mol. The number of methoxy groups -OCH3 is 2. The second-order valence-corrected chi connectivity index (χ2v) is 7.24. The van der Waals surface area contributed by atoms with E-state index in [9.17, 15) is 9.59 Å². The van der Waals surface area contributed by atoms with Crippen molar-refractivity contribution in [3.8, 4) is 5.75 Å². The molecule has 0 aliphatic heterocycles. The fourth-order valence-electron chi connectivity index (χ4n) is 2.83. The number of carbonyl (C=O) groups is 2. The van der Waals surface area contributed by atoms with Gasteiger partial charge in [0.2, 0.25) is 0 Å². The van der Waals surface area contributed by atoms with E-state index in [1.807, 2.05) is 42.5 Å². The van der Waals surface area contributed by atoms with Gasteiger partial charge in [-0.25, -0.2) is 0 Å². The third-order valence-corrected chi connectivity index (χ3v) is 5.45. The number of carbonyl (C=O) groups excluding carboxylic acids is 2. The molecule has 0 bridgehead atoms. The summed E-state index contributed by atoms with van der Waals surface area (Å²) in [6.07, 6.45) is 1.16. The number of fused-ring (bicyclic) bond motifs is 1. The number of ether oxygens (including phenoxy) is 2. The molecule has 1 heterocycles. The van der Waals surface area contributed by atoms with E-state index in [4.69, 9.17) is 9.47 Å². The van der Waals surface area contributed by atoms with Crippen molar-refractivity contribution in [3.63, 3.8) is 0 Å². The topological polar surface area (TPSA) is 69.9 Å². The SMILES string of the molecule is CCc1ccc(CC(=O)N=c2sc3cc(OC)ccc3n2CC(=O)OC)cc1. The molecule has 0 N–H and O–H groups in total. The first kappa shape index (κ1) is 19.8. The molecule has 0 fully saturated rings. The van der Waals surface area contributed by atoms with Crippen LogP contribution in [0.25, 0.3) is 10.2 Å². The van der Waals surface area contributed by atoms with E-state index in [-0.39, 0.29) is 18.9 Å². The van der Waals surface area contributed by atoms with Gasteiger partial charge in [-0.15, -0.1) is 0 Å². The Morgan fingerprint density at radius 2 is 1.79 bits per heavy atom. The van der Waals surface area contributed by atoms with Gasteiger partial charge < -0.3 is 14.0 Å². The van der Waals surface area contributed by atoms with Crippen LogP contribution in [0.3, 0.4) is 0 Å². The summed E-state index contributed by atoms with van der Waals surface area (Å²) in [5.41, 5.74) is 2.94. The van der Waals surface area contributed by atoms with Gasteiger partial charge >= 0.3 is 5.97 Å². The standard InChI is InChI=1S/C21H22N2O4S/c1-4-14-5-7-15(8-6-14)11-19(24)22-21-23(13-20(25)27-3)17-10-9-16(26-2)12-18(17)28-21/h5-10,12H,4,11,13H2,1-3H3. The third-order valence-electron chi connectivity index (χ3n) is 4.41. The number of rotatable bonds is 6. The molecule has 0 unspecified atom stereocenters. The molecule has 0 radical (unpaired) electrons. The quantitative estimate of drug-likeness (QED) is 0.598. The Morgan fingerprint density at radius 3 is 2.43 bits per heavy atom. The van der Waals surface area contributed by atoms with Crippen LogP contribution in [0.1, 0.15) is 18.1 Å². The molecule has 146 valence electrons. The van der Waals surface area contributed by atoms with Crippen LogP contribution in [0.4, 0.5) is 0 Å². The summed E-state index contributed by atoms with van der Waals surface area (Å²) in [7, 11) is 2.93. The number of benzene rings is 2. The van der Waals surface area contributed by atoms with Crippen molar-refractivity contribution in [3.05, 3.63) is 58.4 Å². The van der Waals surface area contributed by atoms with Gasteiger partial charge in [0, 0.05) is 0 Å². The zero-order valence-corrected chi connectivity index (χ0v) is 16.9. The second kappa shape index (κ2) is 8.84. The molecule has 0 saturated carbocycles. The van der Waals surface area contributed by atoms with Crippen LogP contribution in [-0.4, -0.2) is 30.7 Å². The van der Waals surface area contributed by atoms with Gasteiger partial charge in [0.1, 0.15) is 12.3 Å². The molecule has 3 aromatic rings. The summed E-state index contributed by atoms with van der Waals surface area (Å²) in [5, 5.41) is 0. The van der Waals surface area contributed by atoms with E-state index in [1.165, 1.54) is 24.0 Å². The van der Waals surface area contributed by atoms with Gasteiger partial charge in [-0.2, -0.15) is 4.99 Å². The largest absolute Gasteiger partial charge is 0.497 e. The van der Waals surface area contributed by atoms with Crippen LogP contribution in [0.5, 0.6) is 5.75 Å². The summed E-state index contributed by atoms with van der Waals surface area (Å²) < 4.78 is 12.6. The fourth-order valence-corrected chi connectivity index (χ4v) is 3.90. The van der Waals surface area contributed by atoms with Crippen LogP contribution in [0, 0.1) is 0 Å². The number of aryl methyl sites for hydroxylation is 1. The zero-order valence-electron chi connectivity index (χ0n) is 16.1. The van der Waals surface area contributed by atoms with Gasteiger partial charge in [0.25, 0.3) is 5.91 Å². The molecule has 2 aromatic carbocycles. The first-order valence-electron chi connectivity index (χ1n) is 8.93. The maximum absolute atomic E-state index is 12.5. The first-order chi connectivity index (χ1) is 13.5. The van der Waals surface area contributed by atoms with Crippen LogP contribution >= 0.6 is 11.3 Å². The van der Waals surface area contributed by atoms with Gasteiger partial charge in [-0.1, -0.05) is 42.5 Å². The van der Waals surface area contributed by atoms with Crippen molar-refractivity contribution < 1.29 is 19.1 Å². The Balaban J connectivity index is 1.97. The van der Waals surface area contributed by atoms with Crippen LogP contribution in [0.2, 0.25) is 0 Å². The summed E-state index contributed by atoms with van der Waals surface area (Å²) >= 11 is 1.34. The molecule has 28 heavy (non-hydrogen) atoms. The summed E-state index contributed by atoms with van der Waals surface area (Å²) in [4.78, 5) is 29.1. The lowest BCUT2D eigenvalue weighted by atomic mass is 10.1. The molecule has 6 nitrogen and oxygen atoms in total. The highest BCUT2D eigenvalue weighted by atomic mass is 32.1. The maximum Gasteiger partial charge on any atom is 0.325 e. The molecule has 1 amide bonds. The van der Waals surface area contributed by atoms with E-state index in [1.54, 1.807) is 11.7 Å². The highest BCUT2D eigenvalue weighted by Gasteiger charge is 2.13. The zero-order chi connectivity index (χ0) is 20.1. The summed E-state index contributed by atoms with van der Waals surface area (Å²) in [6.45, 7) is 2.08. The molecule has 0 spiro atoms. The maximum atomic E-state index is 12.5. The van der Waals surface area contributed by atoms with Crippen LogP contribution < -0.4 is 9.54 Å². The Hall–Kier alpha value is -2.93. The Morgan fingerprint density at radius 1 is 1.07 bits per heavy atom. The lowest BCUT2D eigenvalue weighted by Gasteiger charge is -2.04. The van der Waals surface area contributed by atoms with E-state index >= 15 is 0 Å². The minimum Gasteiger partial charge on any atom is -0.497 e. The van der Waals surface area contributed by atoms with E-state index in [2.05, 4.69) is 11.9 Å². The third kappa shape index (κ3) is 4.48. The number of thiazole rings is 1. The monoisotopic (exact) mass is 398 g/mol. The van der Waals surface area contributed by atoms with E-state index < -0.39 is 5.97 Å². The minimum absolute atomic E-state index is 0.0138. The van der Waals surface area contributed by atoms with E-state index in [0.717, 1.165) is 22.2 Å². The lowest BCUT2D eigenvalue weighted by Crippen LogP contribution is -2.22. The molecular formula is C21H22N2O4S. The van der Waals surface area contributed by atoms with Crippen LogP contribution in [0.15, 0.2) is 47.5 Å². The molecule has 0 aliphatic rings. The smallest absolute Gasteiger partial charge is 0.325 e. The van der Waals surface area contributed by atoms with Gasteiger partial charge in [0.15, 0.2) is 4.80 Å². The number of hydrogen-bond donors (Lipinski definition) is 0. The van der Waals surface area contributed by atoms with E-state index in [0.29, 0.717) is 10.6 Å². The minimum atomic E-state index is -0.403.